The zero-order valence-electron chi connectivity index (χ0n) is 9.84. The van der Waals surface area contributed by atoms with Crippen molar-refractivity contribution in [3.05, 3.63) is 36.0 Å². The van der Waals surface area contributed by atoms with Gasteiger partial charge in [0, 0.05) is 0 Å². The van der Waals surface area contributed by atoms with Crippen molar-refractivity contribution in [1.29, 1.82) is 0 Å². The van der Waals surface area contributed by atoms with E-state index < -0.39 is 0 Å². The fourth-order valence-corrected chi connectivity index (χ4v) is 1.66. The van der Waals surface area contributed by atoms with Gasteiger partial charge >= 0.3 is 0 Å². The molecule has 2 N–H and O–H groups in total. The quantitative estimate of drug-likeness (QED) is 0.848. The maximum Gasteiger partial charge on any atom is 0.169 e. The Morgan fingerprint density at radius 3 is 2.76 bits per heavy atom. The summed E-state index contributed by atoms with van der Waals surface area (Å²) in [4.78, 5) is 0. The Morgan fingerprint density at radius 2 is 2.06 bits per heavy atom. The number of aromatic nitrogens is 3. The number of rotatable bonds is 5. The Kier molecular flexibility index (Phi) is 3.59. The molecule has 0 saturated heterocycles. The minimum atomic E-state index is 0.507. The van der Waals surface area contributed by atoms with Crippen molar-refractivity contribution >= 4 is 5.82 Å². The van der Waals surface area contributed by atoms with Crippen molar-refractivity contribution in [2.45, 2.75) is 19.9 Å². The summed E-state index contributed by atoms with van der Waals surface area (Å²) < 4.78 is 7.38. The average molecular weight is 232 g/mol. The molecular formula is C12H16N4O. The number of benzene rings is 1. The molecule has 5 heteroatoms. The van der Waals surface area contributed by atoms with E-state index in [9.17, 15) is 0 Å². The Balaban J connectivity index is 1.90. The topological polar surface area (TPSA) is 66.0 Å². The number of ether oxygens (including phenoxy) is 1. The van der Waals surface area contributed by atoms with Crippen LogP contribution < -0.4 is 10.5 Å². The lowest BCUT2D eigenvalue weighted by atomic mass is 10.3. The van der Waals surface area contributed by atoms with E-state index in [0.29, 0.717) is 19.0 Å². The zero-order valence-corrected chi connectivity index (χ0v) is 9.84. The Bertz CT molecular complexity index is 467. The molecule has 0 saturated carbocycles. The first-order valence-corrected chi connectivity index (χ1v) is 5.67. The largest absolute Gasteiger partial charge is 0.492 e. The van der Waals surface area contributed by atoms with E-state index in [1.165, 1.54) is 0 Å². The van der Waals surface area contributed by atoms with Crippen LogP contribution in [0.5, 0.6) is 5.75 Å². The second kappa shape index (κ2) is 5.34. The molecule has 0 bridgehead atoms. The molecule has 1 aromatic carbocycles. The summed E-state index contributed by atoms with van der Waals surface area (Å²) in [6.45, 7) is 3.24. The second-order valence-corrected chi connectivity index (χ2v) is 3.66. The first kappa shape index (κ1) is 11.4. The van der Waals surface area contributed by atoms with E-state index in [0.717, 1.165) is 17.9 Å². The van der Waals surface area contributed by atoms with Gasteiger partial charge < -0.3 is 10.5 Å². The normalized spacial score (nSPS) is 10.4. The third-order valence-corrected chi connectivity index (χ3v) is 2.52. The van der Waals surface area contributed by atoms with Gasteiger partial charge in [-0.2, -0.15) is 0 Å². The summed E-state index contributed by atoms with van der Waals surface area (Å²) in [5.74, 6) is 1.37. The Hall–Kier alpha value is -2.04. The van der Waals surface area contributed by atoms with Crippen LogP contribution in [0.4, 0.5) is 5.82 Å². The van der Waals surface area contributed by atoms with Crippen LogP contribution in [-0.2, 0) is 13.0 Å². The number of nitrogens with two attached hydrogens (primary N) is 1. The molecule has 0 atom stereocenters. The maximum absolute atomic E-state index is 5.70. The van der Waals surface area contributed by atoms with Gasteiger partial charge in [0.1, 0.15) is 12.4 Å². The predicted octanol–water partition coefficient (Wildman–Crippen LogP) is 1.50. The van der Waals surface area contributed by atoms with Crippen molar-refractivity contribution in [1.82, 2.24) is 15.0 Å². The summed E-state index contributed by atoms with van der Waals surface area (Å²) in [6, 6.07) is 9.70. The predicted molar refractivity (Wildman–Crippen MR) is 65.7 cm³/mol. The number of para-hydroxylation sites is 1. The molecule has 0 aliphatic heterocycles. The summed E-state index contributed by atoms with van der Waals surface area (Å²) in [5.41, 5.74) is 6.66. The van der Waals surface area contributed by atoms with E-state index in [1.807, 2.05) is 37.3 Å². The standard InChI is InChI=1S/C12H16N4O/c1-2-11-12(13)14-15-16(11)8-9-17-10-6-4-3-5-7-10/h3-7H,2,8-9,13H2,1H3. The van der Waals surface area contributed by atoms with E-state index in [1.54, 1.807) is 4.68 Å². The van der Waals surface area contributed by atoms with Gasteiger partial charge in [-0.1, -0.05) is 30.3 Å². The third-order valence-electron chi connectivity index (χ3n) is 2.52. The van der Waals surface area contributed by atoms with Crippen molar-refractivity contribution in [2.24, 2.45) is 0 Å². The van der Waals surface area contributed by atoms with Gasteiger partial charge in [-0.05, 0) is 18.6 Å². The monoisotopic (exact) mass is 232 g/mol. The van der Waals surface area contributed by atoms with Gasteiger partial charge in [0.2, 0.25) is 0 Å². The first-order chi connectivity index (χ1) is 8.31. The molecular weight excluding hydrogens is 216 g/mol. The smallest absolute Gasteiger partial charge is 0.169 e. The molecule has 0 fully saturated rings. The Labute approximate surface area is 100 Å². The number of anilines is 1. The van der Waals surface area contributed by atoms with Crippen LogP contribution in [0, 0.1) is 0 Å². The highest BCUT2D eigenvalue weighted by Crippen LogP contribution is 2.10. The van der Waals surface area contributed by atoms with Crippen LogP contribution in [-0.4, -0.2) is 21.6 Å². The number of hydrogen-bond donors (Lipinski definition) is 1. The van der Waals surface area contributed by atoms with Crippen LogP contribution in [0.25, 0.3) is 0 Å². The molecule has 1 aromatic heterocycles. The summed E-state index contributed by atoms with van der Waals surface area (Å²) in [5, 5.41) is 7.83. The lowest BCUT2D eigenvalue weighted by molar-refractivity contribution is 0.287. The van der Waals surface area contributed by atoms with E-state index in [2.05, 4.69) is 10.3 Å². The fourth-order valence-electron chi connectivity index (χ4n) is 1.66. The minimum Gasteiger partial charge on any atom is -0.492 e. The average Bonchev–Trinajstić information content (AvgIpc) is 2.71. The molecule has 0 amide bonds. The molecule has 0 aliphatic carbocycles. The molecule has 90 valence electrons. The third kappa shape index (κ3) is 2.75. The molecule has 5 nitrogen and oxygen atoms in total. The molecule has 17 heavy (non-hydrogen) atoms. The van der Waals surface area contributed by atoms with Crippen molar-refractivity contribution in [3.63, 3.8) is 0 Å². The van der Waals surface area contributed by atoms with Crippen LogP contribution in [0.1, 0.15) is 12.6 Å². The van der Waals surface area contributed by atoms with Gasteiger partial charge in [0.25, 0.3) is 0 Å². The number of hydrogen-bond acceptors (Lipinski definition) is 4. The maximum atomic E-state index is 5.70. The number of nitrogens with zero attached hydrogens (tertiary/aromatic N) is 3. The SMILES string of the molecule is CCc1c(N)nnn1CCOc1ccccc1. The van der Waals surface area contributed by atoms with E-state index >= 15 is 0 Å². The van der Waals surface area contributed by atoms with Crippen molar-refractivity contribution < 1.29 is 4.74 Å². The minimum absolute atomic E-state index is 0.507. The van der Waals surface area contributed by atoms with Crippen molar-refractivity contribution in [2.75, 3.05) is 12.3 Å². The summed E-state index contributed by atoms with van der Waals surface area (Å²) in [7, 11) is 0. The van der Waals surface area contributed by atoms with Gasteiger partial charge in [-0.15, -0.1) is 5.10 Å². The second-order valence-electron chi connectivity index (χ2n) is 3.66. The lowest BCUT2D eigenvalue weighted by Gasteiger charge is -2.07. The highest BCUT2D eigenvalue weighted by atomic mass is 16.5. The van der Waals surface area contributed by atoms with E-state index in [-0.39, 0.29) is 0 Å². The van der Waals surface area contributed by atoms with Crippen LogP contribution in [0.3, 0.4) is 0 Å². The lowest BCUT2D eigenvalue weighted by Crippen LogP contribution is -2.12. The van der Waals surface area contributed by atoms with Gasteiger partial charge in [0.15, 0.2) is 5.82 Å². The summed E-state index contributed by atoms with van der Waals surface area (Å²) in [6.07, 6.45) is 0.824. The summed E-state index contributed by atoms with van der Waals surface area (Å²) >= 11 is 0. The molecule has 1 heterocycles. The molecule has 2 rings (SSSR count). The van der Waals surface area contributed by atoms with Crippen molar-refractivity contribution in [3.8, 4) is 5.75 Å². The molecule has 0 radical (unpaired) electrons. The number of nitrogen functional groups attached to an aromatic ring is 1. The molecule has 0 spiro atoms. The zero-order chi connectivity index (χ0) is 12.1. The van der Waals surface area contributed by atoms with Crippen LogP contribution in [0.15, 0.2) is 30.3 Å². The highest BCUT2D eigenvalue weighted by Gasteiger charge is 2.07. The molecule has 2 aromatic rings. The van der Waals surface area contributed by atoms with E-state index in [4.69, 9.17) is 10.5 Å². The van der Waals surface area contributed by atoms with Crippen LogP contribution in [0.2, 0.25) is 0 Å². The van der Waals surface area contributed by atoms with Gasteiger partial charge in [0.05, 0.1) is 12.2 Å². The molecule has 0 unspecified atom stereocenters. The highest BCUT2D eigenvalue weighted by molar-refractivity contribution is 5.32. The fraction of sp³-hybridized carbons (Fsp3) is 0.333. The van der Waals surface area contributed by atoms with Gasteiger partial charge in [-0.25, -0.2) is 4.68 Å². The first-order valence-electron chi connectivity index (χ1n) is 5.67. The van der Waals surface area contributed by atoms with Gasteiger partial charge in [-0.3, -0.25) is 0 Å². The Morgan fingerprint density at radius 1 is 1.29 bits per heavy atom. The molecule has 0 aliphatic rings. The van der Waals surface area contributed by atoms with Crippen LogP contribution >= 0.6 is 0 Å².